The Labute approximate surface area is 88.4 Å². The van der Waals surface area contributed by atoms with Gasteiger partial charge < -0.3 is 4.57 Å². The molecule has 1 atom stereocenters. The molecule has 1 aromatic heterocycles. The van der Waals surface area contributed by atoms with Gasteiger partial charge in [0, 0.05) is 18.0 Å². The van der Waals surface area contributed by atoms with E-state index in [1.54, 1.807) is 24.7 Å². The summed E-state index contributed by atoms with van der Waals surface area (Å²) in [4.78, 5) is 3.97. The monoisotopic (exact) mass is 203 g/mol. The minimum absolute atomic E-state index is 0.0892. The third-order valence-electron chi connectivity index (χ3n) is 2.39. The van der Waals surface area contributed by atoms with Crippen molar-refractivity contribution in [3.05, 3.63) is 60.8 Å². The van der Waals surface area contributed by atoms with Crippen LogP contribution in [0.15, 0.2) is 43.0 Å². The molecular formula is C12H12FN2. The molecule has 1 aromatic carbocycles. The van der Waals surface area contributed by atoms with E-state index in [4.69, 9.17) is 0 Å². The summed E-state index contributed by atoms with van der Waals surface area (Å²) in [6.45, 7) is 1.91. The van der Waals surface area contributed by atoms with Crippen molar-refractivity contribution in [1.29, 1.82) is 0 Å². The topological polar surface area (TPSA) is 17.8 Å². The molecule has 1 radical (unpaired) electrons. The van der Waals surface area contributed by atoms with E-state index in [1.165, 1.54) is 6.07 Å². The summed E-state index contributed by atoms with van der Waals surface area (Å²) in [7, 11) is 0. The maximum Gasteiger partial charge on any atom is 0.128 e. The van der Waals surface area contributed by atoms with E-state index in [9.17, 15) is 4.39 Å². The SMILES string of the molecule is C[CH]C(c1ccccc1F)n1ccnc1. The first kappa shape index (κ1) is 9.90. The van der Waals surface area contributed by atoms with Gasteiger partial charge in [0.05, 0.1) is 12.4 Å². The molecule has 0 amide bonds. The summed E-state index contributed by atoms with van der Waals surface area (Å²) in [6.07, 6.45) is 7.16. The van der Waals surface area contributed by atoms with E-state index in [0.29, 0.717) is 5.56 Å². The van der Waals surface area contributed by atoms with E-state index >= 15 is 0 Å². The van der Waals surface area contributed by atoms with Crippen LogP contribution < -0.4 is 0 Å². The van der Waals surface area contributed by atoms with Crippen LogP contribution >= 0.6 is 0 Å². The van der Waals surface area contributed by atoms with Gasteiger partial charge in [0.25, 0.3) is 0 Å². The maximum absolute atomic E-state index is 13.6. The highest BCUT2D eigenvalue weighted by atomic mass is 19.1. The van der Waals surface area contributed by atoms with Crippen LogP contribution in [0.4, 0.5) is 4.39 Å². The third-order valence-corrected chi connectivity index (χ3v) is 2.39. The zero-order valence-corrected chi connectivity index (χ0v) is 8.47. The molecule has 0 spiro atoms. The fraction of sp³-hybridized carbons (Fsp3) is 0.167. The maximum atomic E-state index is 13.6. The molecule has 0 N–H and O–H groups in total. The highest BCUT2D eigenvalue weighted by Gasteiger charge is 2.14. The molecule has 0 saturated carbocycles. The molecule has 1 unspecified atom stereocenters. The Hall–Kier alpha value is -1.64. The largest absolute Gasteiger partial charge is 0.330 e. The van der Waals surface area contributed by atoms with Crippen LogP contribution in [0.1, 0.15) is 18.5 Å². The number of hydrogen-bond donors (Lipinski definition) is 0. The quantitative estimate of drug-likeness (QED) is 0.750. The molecule has 0 aliphatic heterocycles. The fourth-order valence-electron chi connectivity index (χ4n) is 1.66. The Balaban J connectivity index is 2.40. The molecule has 3 heteroatoms. The second-order valence-corrected chi connectivity index (χ2v) is 3.31. The van der Waals surface area contributed by atoms with Crippen molar-refractivity contribution >= 4 is 0 Å². The summed E-state index contributed by atoms with van der Waals surface area (Å²) in [6, 6.07) is 6.71. The van der Waals surface area contributed by atoms with Gasteiger partial charge in [0.1, 0.15) is 5.82 Å². The van der Waals surface area contributed by atoms with Crippen molar-refractivity contribution in [2.75, 3.05) is 0 Å². The first-order valence-corrected chi connectivity index (χ1v) is 4.84. The second-order valence-electron chi connectivity index (χ2n) is 3.31. The summed E-state index contributed by atoms with van der Waals surface area (Å²) in [5.74, 6) is -0.186. The van der Waals surface area contributed by atoms with Gasteiger partial charge >= 0.3 is 0 Å². The minimum atomic E-state index is -0.186. The lowest BCUT2D eigenvalue weighted by atomic mass is 10.0. The zero-order chi connectivity index (χ0) is 10.7. The highest BCUT2D eigenvalue weighted by Crippen LogP contribution is 2.23. The zero-order valence-electron chi connectivity index (χ0n) is 8.47. The molecule has 0 bridgehead atoms. The molecule has 2 nitrogen and oxygen atoms in total. The van der Waals surface area contributed by atoms with Gasteiger partial charge in [-0.15, -0.1) is 0 Å². The molecule has 1 heterocycles. The number of hydrogen-bond acceptors (Lipinski definition) is 1. The van der Waals surface area contributed by atoms with Gasteiger partial charge in [-0.1, -0.05) is 25.1 Å². The van der Waals surface area contributed by atoms with Crippen molar-refractivity contribution in [1.82, 2.24) is 9.55 Å². The molecule has 0 fully saturated rings. The first-order chi connectivity index (χ1) is 7.33. The van der Waals surface area contributed by atoms with Crippen LogP contribution in [0.5, 0.6) is 0 Å². The lowest BCUT2D eigenvalue weighted by Gasteiger charge is -2.17. The van der Waals surface area contributed by atoms with Gasteiger partial charge in [-0.05, 0) is 12.5 Å². The summed E-state index contributed by atoms with van der Waals surface area (Å²) in [5.41, 5.74) is 0.665. The van der Waals surface area contributed by atoms with Crippen LogP contribution in [-0.2, 0) is 0 Å². The van der Waals surface area contributed by atoms with Crippen molar-refractivity contribution in [2.45, 2.75) is 13.0 Å². The van der Waals surface area contributed by atoms with Crippen molar-refractivity contribution in [2.24, 2.45) is 0 Å². The Morgan fingerprint density at radius 1 is 1.40 bits per heavy atom. The fourth-order valence-corrected chi connectivity index (χ4v) is 1.66. The molecular weight excluding hydrogens is 191 g/mol. The standard InChI is InChI=1S/C12H12FN2/c1-2-12(15-8-7-14-9-15)10-5-3-4-6-11(10)13/h2-9,12H,1H3. The molecule has 2 rings (SSSR count). The van der Waals surface area contributed by atoms with E-state index in [-0.39, 0.29) is 11.9 Å². The number of nitrogens with zero attached hydrogens (tertiary/aromatic N) is 2. The van der Waals surface area contributed by atoms with Crippen LogP contribution in [0.2, 0.25) is 0 Å². The number of halogens is 1. The molecule has 77 valence electrons. The van der Waals surface area contributed by atoms with Crippen molar-refractivity contribution in [3.8, 4) is 0 Å². The van der Waals surface area contributed by atoms with Crippen molar-refractivity contribution in [3.63, 3.8) is 0 Å². The smallest absolute Gasteiger partial charge is 0.128 e. The van der Waals surface area contributed by atoms with Gasteiger partial charge in [-0.3, -0.25) is 0 Å². The predicted octanol–water partition coefficient (Wildman–Crippen LogP) is 2.84. The van der Waals surface area contributed by atoms with Gasteiger partial charge in [0.15, 0.2) is 0 Å². The Bertz CT molecular complexity index is 423. The van der Waals surface area contributed by atoms with E-state index in [0.717, 1.165) is 0 Å². The first-order valence-electron chi connectivity index (χ1n) is 4.84. The number of imidazole rings is 1. The minimum Gasteiger partial charge on any atom is -0.330 e. The number of rotatable bonds is 3. The third kappa shape index (κ3) is 1.91. The Morgan fingerprint density at radius 3 is 2.80 bits per heavy atom. The van der Waals surface area contributed by atoms with Crippen LogP contribution in [0.3, 0.4) is 0 Å². The lowest BCUT2D eigenvalue weighted by molar-refractivity contribution is 0.565. The van der Waals surface area contributed by atoms with Gasteiger partial charge in [-0.25, -0.2) is 9.37 Å². The molecule has 0 saturated heterocycles. The highest BCUT2D eigenvalue weighted by molar-refractivity contribution is 5.24. The number of benzene rings is 1. The molecule has 15 heavy (non-hydrogen) atoms. The second kappa shape index (κ2) is 4.26. The summed E-state index contributed by atoms with van der Waals surface area (Å²) < 4.78 is 15.4. The summed E-state index contributed by atoms with van der Waals surface area (Å²) in [5, 5.41) is 0. The van der Waals surface area contributed by atoms with Crippen LogP contribution in [0.25, 0.3) is 0 Å². The lowest BCUT2D eigenvalue weighted by Crippen LogP contribution is -2.09. The van der Waals surface area contributed by atoms with Crippen molar-refractivity contribution < 1.29 is 4.39 Å². The van der Waals surface area contributed by atoms with Crippen LogP contribution in [0, 0.1) is 12.2 Å². The van der Waals surface area contributed by atoms with E-state index in [1.807, 2.05) is 30.2 Å². The van der Waals surface area contributed by atoms with Crippen LogP contribution in [-0.4, -0.2) is 9.55 Å². The van der Waals surface area contributed by atoms with E-state index < -0.39 is 0 Å². The average Bonchev–Trinajstić information content (AvgIpc) is 2.75. The molecule has 2 aromatic rings. The Morgan fingerprint density at radius 2 is 2.20 bits per heavy atom. The molecule has 0 aliphatic rings. The van der Waals surface area contributed by atoms with Gasteiger partial charge in [0.2, 0.25) is 0 Å². The average molecular weight is 203 g/mol. The van der Waals surface area contributed by atoms with E-state index in [2.05, 4.69) is 4.98 Å². The normalized spacial score (nSPS) is 12.7. The molecule has 0 aliphatic carbocycles. The number of aromatic nitrogens is 2. The predicted molar refractivity (Wildman–Crippen MR) is 56.7 cm³/mol. The summed E-state index contributed by atoms with van der Waals surface area (Å²) >= 11 is 0. The Kier molecular flexibility index (Phi) is 2.81. The van der Waals surface area contributed by atoms with Gasteiger partial charge in [-0.2, -0.15) is 0 Å².